The van der Waals surface area contributed by atoms with E-state index in [1.54, 1.807) is 0 Å². The zero-order valence-corrected chi connectivity index (χ0v) is 12.3. The van der Waals surface area contributed by atoms with Crippen molar-refractivity contribution in [2.24, 2.45) is 0 Å². The van der Waals surface area contributed by atoms with Crippen LogP contribution in [0.3, 0.4) is 0 Å². The van der Waals surface area contributed by atoms with Crippen LogP contribution in [0, 0.1) is 10.1 Å². The van der Waals surface area contributed by atoms with Gasteiger partial charge in [0, 0.05) is 12.6 Å². The lowest BCUT2D eigenvalue weighted by Gasteiger charge is -2.33. The molecule has 0 aromatic heterocycles. The van der Waals surface area contributed by atoms with Gasteiger partial charge in [-0.25, -0.2) is 4.79 Å². The molecule has 2 fully saturated rings. The third-order valence-electron chi connectivity index (χ3n) is 4.18. The van der Waals surface area contributed by atoms with Gasteiger partial charge in [-0.3, -0.25) is 4.90 Å². The first-order valence-corrected chi connectivity index (χ1v) is 7.53. The summed E-state index contributed by atoms with van der Waals surface area (Å²) in [6.07, 6.45) is 4.70. The third-order valence-corrected chi connectivity index (χ3v) is 4.18. The average Bonchev–Trinajstić information content (AvgIpc) is 2.43. The summed E-state index contributed by atoms with van der Waals surface area (Å²) in [6, 6.07) is 0.0120. The van der Waals surface area contributed by atoms with E-state index >= 15 is 0 Å². The molecule has 8 heteroatoms. The SMILES string of the molecule is CN1CCCCC1OC(=O)N[C@H]1CC[C@H](O[N+](=O)[O-])CC1. The normalized spacial score (nSPS) is 30.4. The van der Waals surface area contributed by atoms with E-state index < -0.39 is 11.2 Å². The summed E-state index contributed by atoms with van der Waals surface area (Å²) in [6.45, 7) is 0.946. The maximum Gasteiger partial charge on any atom is 0.408 e. The summed E-state index contributed by atoms with van der Waals surface area (Å²) in [5.74, 6) is 0. The zero-order valence-electron chi connectivity index (χ0n) is 12.3. The van der Waals surface area contributed by atoms with Crippen molar-refractivity contribution in [3.8, 4) is 0 Å². The molecule has 0 aromatic carbocycles. The quantitative estimate of drug-likeness (QED) is 0.627. The molecule has 2 rings (SSSR count). The Labute approximate surface area is 123 Å². The summed E-state index contributed by atoms with van der Waals surface area (Å²) in [7, 11) is 1.96. The molecule has 1 aliphatic heterocycles. The van der Waals surface area contributed by atoms with Crippen LogP contribution >= 0.6 is 0 Å². The van der Waals surface area contributed by atoms with Gasteiger partial charge in [0.05, 0.1) is 0 Å². The lowest BCUT2D eigenvalue weighted by atomic mass is 9.93. The molecule has 0 radical (unpaired) electrons. The van der Waals surface area contributed by atoms with Gasteiger partial charge >= 0.3 is 6.09 Å². The van der Waals surface area contributed by atoms with Crippen LogP contribution in [0.1, 0.15) is 44.9 Å². The van der Waals surface area contributed by atoms with Crippen LogP contribution in [0.5, 0.6) is 0 Å². The molecule has 0 bridgehead atoms. The van der Waals surface area contributed by atoms with Crippen LogP contribution in [0.25, 0.3) is 0 Å². The number of carbonyl (C=O) groups excluding carboxylic acids is 1. The van der Waals surface area contributed by atoms with Gasteiger partial charge in [0.1, 0.15) is 6.10 Å². The molecule has 8 nitrogen and oxygen atoms in total. The minimum absolute atomic E-state index is 0.0120. The number of carbonyl (C=O) groups is 1. The van der Waals surface area contributed by atoms with Crippen LogP contribution in [-0.2, 0) is 9.57 Å². The Morgan fingerprint density at radius 2 is 1.95 bits per heavy atom. The standard InChI is InChI=1S/C13H23N3O5/c1-15-9-3-2-4-12(15)20-13(17)14-10-5-7-11(8-6-10)21-16(18)19/h10-12H,2-9H2,1H3,(H,14,17)/t10-,11-,12?. The molecule has 21 heavy (non-hydrogen) atoms. The molecule has 1 heterocycles. The van der Waals surface area contributed by atoms with Crippen LogP contribution in [0.2, 0.25) is 0 Å². The highest BCUT2D eigenvalue weighted by molar-refractivity contribution is 5.67. The second kappa shape index (κ2) is 7.44. The topological polar surface area (TPSA) is 93.9 Å². The van der Waals surface area contributed by atoms with Gasteiger partial charge in [0.2, 0.25) is 0 Å². The molecule has 2 aliphatic rings. The van der Waals surface area contributed by atoms with Crippen molar-refractivity contribution in [2.45, 2.75) is 63.3 Å². The van der Waals surface area contributed by atoms with E-state index in [9.17, 15) is 14.9 Å². The Morgan fingerprint density at radius 3 is 2.57 bits per heavy atom. The number of nitrogens with one attached hydrogen (secondary N) is 1. The smallest absolute Gasteiger partial charge is 0.408 e. The number of likely N-dealkylation sites (tertiary alicyclic amines) is 1. The van der Waals surface area contributed by atoms with Gasteiger partial charge in [0.15, 0.2) is 6.23 Å². The third kappa shape index (κ3) is 5.04. The fourth-order valence-corrected chi connectivity index (χ4v) is 2.95. The lowest BCUT2D eigenvalue weighted by Crippen LogP contribution is -2.45. The van der Waals surface area contributed by atoms with Gasteiger partial charge in [-0.05, 0) is 52.0 Å². The van der Waals surface area contributed by atoms with Crippen molar-refractivity contribution >= 4 is 6.09 Å². The van der Waals surface area contributed by atoms with E-state index in [1.807, 2.05) is 11.9 Å². The molecular formula is C13H23N3O5. The van der Waals surface area contributed by atoms with E-state index in [2.05, 4.69) is 10.2 Å². The van der Waals surface area contributed by atoms with E-state index in [-0.39, 0.29) is 18.4 Å². The summed E-state index contributed by atoms with van der Waals surface area (Å²) in [5, 5.41) is 12.4. The Morgan fingerprint density at radius 1 is 1.24 bits per heavy atom. The first-order valence-electron chi connectivity index (χ1n) is 7.53. The van der Waals surface area contributed by atoms with Gasteiger partial charge in [0.25, 0.3) is 5.09 Å². The number of rotatable bonds is 4. The summed E-state index contributed by atoms with van der Waals surface area (Å²) in [5.41, 5.74) is 0. The molecule has 1 unspecified atom stereocenters. The summed E-state index contributed by atoms with van der Waals surface area (Å²) in [4.78, 5) is 28.8. The summed E-state index contributed by atoms with van der Waals surface area (Å²) < 4.78 is 5.43. The minimum Gasteiger partial charge on any atom is -0.430 e. The Bertz CT molecular complexity index is 371. The average molecular weight is 301 g/mol. The number of amides is 1. The van der Waals surface area contributed by atoms with Crippen LogP contribution in [0.4, 0.5) is 4.79 Å². The summed E-state index contributed by atoms with van der Waals surface area (Å²) >= 11 is 0. The second-order valence-corrected chi connectivity index (χ2v) is 5.78. The van der Waals surface area contributed by atoms with Crippen LogP contribution in [-0.4, -0.2) is 48.0 Å². The van der Waals surface area contributed by atoms with E-state index in [0.717, 1.165) is 25.8 Å². The van der Waals surface area contributed by atoms with Gasteiger partial charge in [-0.15, -0.1) is 10.1 Å². The highest BCUT2D eigenvalue weighted by Gasteiger charge is 2.27. The lowest BCUT2D eigenvalue weighted by molar-refractivity contribution is -0.769. The van der Waals surface area contributed by atoms with Crippen molar-refractivity contribution < 1.29 is 19.5 Å². The molecule has 1 N–H and O–H groups in total. The molecule has 0 spiro atoms. The molecule has 1 aliphatic carbocycles. The van der Waals surface area contributed by atoms with Crippen molar-refractivity contribution in [3.05, 3.63) is 10.1 Å². The molecule has 1 saturated heterocycles. The highest BCUT2D eigenvalue weighted by Crippen LogP contribution is 2.22. The number of alkyl carbamates (subject to hydrolysis) is 1. The molecule has 120 valence electrons. The monoisotopic (exact) mass is 301 g/mol. The molecular weight excluding hydrogens is 278 g/mol. The first kappa shape index (κ1) is 15.8. The van der Waals surface area contributed by atoms with E-state index in [1.165, 1.54) is 0 Å². The first-order chi connectivity index (χ1) is 10.0. The largest absolute Gasteiger partial charge is 0.430 e. The second-order valence-electron chi connectivity index (χ2n) is 5.78. The van der Waals surface area contributed by atoms with Crippen molar-refractivity contribution in [1.82, 2.24) is 10.2 Å². The van der Waals surface area contributed by atoms with Crippen molar-refractivity contribution in [3.63, 3.8) is 0 Å². The fraction of sp³-hybridized carbons (Fsp3) is 0.923. The van der Waals surface area contributed by atoms with Crippen LogP contribution < -0.4 is 5.32 Å². The van der Waals surface area contributed by atoms with Gasteiger partial charge < -0.3 is 14.9 Å². The number of piperidine rings is 1. The Hall–Kier alpha value is -1.57. The fourth-order valence-electron chi connectivity index (χ4n) is 2.95. The predicted molar refractivity (Wildman–Crippen MR) is 74.0 cm³/mol. The maximum atomic E-state index is 11.9. The minimum atomic E-state index is -0.744. The number of hydrogen-bond acceptors (Lipinski definition) is 6. The van der Waals surface area contributed by atoms with Crippen LogP contribution in [0.15, 0.2) is 0 Å². The molecule has 1 amide bonds. The predicted octanol–water partition coefficient (Wildman–Crippen LogP) is 1.67. The highest BCUT2D eigenvalue weighted by atomic mass is 17.0. The number of hydrogen-bond donors (Lipinski definition) is 1. The van der Waals surface area contributed by atoms with Crippen molar-refractivity contribution in [2.75, 3.05) is 13.6 Å². The molecule has 0 aromatic rings. The Balaban J connectivity index is 1.68. The van der Waals surface area contributed by atoms with Crippen molar-refractivity contribution in [1.29, 1.82) is 0 Å². The number of nitrogens with zero attached hydrogens (tertiary/aromatic N) is 2. The number of ether oxygens (including phenoxy) is 1. The van der Waals surface area contributed by atoms with Gasteiger partial charge in [-0.2, -0.15) is 0 Å². The van der Waals surface area contributed by atoms with E-state index in [4.69, 9.17) is 4.74 Å². The molecule has 1 atom stereocenters. The van der Waals surface area contributed by atoms with E-state index in [0.29, 0.717) is 25.7 Å². The Kier molecular flexibility index (Phi) is 5.60. The zero-order chi connectivity index (χ0) is 15.2. The maximum absolute atomic E-state index is 11.9. The van der Waals surface area contributed by atoms with Gasteiger partial charge in [-0.1, -0.05) is 0 Å². The molecule has 1 saturated carbocycles.